The molecule has 3 nitrogen and oxygen atoms in total. The predicted molar refractivity (Wildman–Crippen MR) is 71.3 cm³/mol. The van der Waals surface area contributed by atoms with Gasteiger partial charge in [0.2, 0.25) is 0 Å². The highest BCUT2D eigenvalue weighted by Gasteiger charge is 2.12. The summed E-state index contributed by atoms with van der Waals surface area (Å²) >= 11 is 0. The van der Waals surface area contributed by atoms with Crippen molar-refractivity contribution >= 4 is 17.8 Å². The number of hydrogen-bond donors (Lipinski definition) is 1. The third kappa shape index (κ3) is 2.30. The lowest BCUT2D eigenvalue weighted by molar-refractivity contribution is 0.102. The molecule has 1 aliphatic carbocycles. The summed E-state index contributed by atoms with van der Waals surface area (Å²) in [5.41, 5.74) is 1.95. The predicted octanol–water partition coefficient (Wildman–Crippen LogP) is 3.18. The number of amides is 1. The molecule has 1 heterocycles. The number of benzene rings is 1. The fourth-order valence-electron chi connectivity index (χ4n) is 2.01. The first-order chi connectivity index (χ1) is 9.63. The van der Waals surface area contributed by atoms with Crippen molar-refractivity contribution in [3.8, 4) is 0 Å². The molecular formula is C15H10F2N2O. The average molecular weight is 272 g/mol. The van der Waals surface area contributed by atoms with Crippen molar-refractivity contribution in [3.05, 3.63) is 64.9 Å². The molecule has 0 saturated heterocycles. The van der Waals surface area contributed by atoms with Gasteiger partial charge in [0.25, 0.3) is 5.91 Å². The van der Waals surface area contributed by atoms with E-state index in [2.05, 4.69) is 10.3 Å². The van der Waals surface area contributed by atoms with E-state index >= 15 is 0 Å². The first kappa shape index (κ1) is 12.5. The number of halogens is 2. The Bertz CT molecular complexity index is 726. The van der Waals surface area contributed by atoms with E-state index in [1.807, 2.05) is 18.2 Å². The van der Waals surface area contributed by atoms with Gasteiger partial charge in [-0.05, 0) is 42.3 Å². The molecule has 0 unspecified atom stereocenters. The number of nitrogens with zero attached hydrogens (tertiary/aromatic N) is 1. The SMILES string of the molecule is O=C(Nc1ccc2c(n1)C=CC2)c1ccc(F)c(F)c1. The molecule has 3 rings (SSSR count). The lowest BCUT2D eigenvalue weighted by Crippen LogP contribution is -2.13. The van der Waals surface area contributed by atoms with E-state index < -0.39 is 17.5 Å². The molecule has 5 heteroatoms. The van der Waals surface area contributed by atoms with Crippen LogP contribution in [0, 0.1) is 11.6 Å². The molecule has 0 fully saturated rings. The number of anilines is 1. The minimum atomic E-state index is -1.05. The summed E-state index contributed by atoms with van der Waals surface area (Å²) in [6.07, 6.45) is 4.70. The van der Waals surface area contributed by atoms with Crippen LogP contribution in [0.3, 0.4) is 0 Å². The summed E-state index contributed by atoms with van der Waals surface area (Å²) in [5.74, 6) is -2.19. The number of fused-ring (bicyclic) bond motifs is 1. The fourth-order valence-corrected chi connectivity index (χ4v) is 2.01. The smallest absolute Gasteiger partial charge is 0.256 e. The first-order valence-corrected chi connectivity index (χ1v) is 6.06. The van der Waals surface area contributed by atoms with E-state index in [-0.39, 0.29) is 5.56 Å². The Hall–Kier alpha value is -2.56. The Labute approximate surface area is 114 Å². The summed E-state index contributed by atoms with van der Waals surface area (Å²) in [6.45, 7) is 0. The number of aromatic nitrogens is 1. The van der Waals surface area contributed by atoms with Crippen LogP contribution < -0.4 is 5.32 Å². The molecule has 1 N–H and O–H groups in total. The van der Waals surface area contributed by atoms with E-state index in [9.17, 15) is 13.6 Å². The van der Waals surface area contributed by atoms with E-state index in [0.717, 1.165) is 29.8 Å². The van der Waals surface area contributed by atoms with Gasteiger partial charge in [0, 0.05) is 5.56 Å². The molecule has 0 atom stereocenters. The summed E-state index contributed by atoms with van der Waals surface area (Å²) in [4.78, 5) is 16.2. The maximum Gasteiger partial charge on any atom is 0.256 e. The molecule has 0 spiro atoms. The normalized spacial score (nSPS) is 12.3. The standard InChI is InChI=1S/C15H10F2N2O/c16-11-6-4-10(8-12(11)17)15(20)19-14-7-5-9-2-1-3-13(9)18-14/h1,3-8H,2H2,(H,18,19,20). The van der Waals surface area contributed by atoms with Crippen molar-refractivity contribution < 1.29 is 13.6 Å². The molecule has 100 valence electrons. The summed E-state index contributed by atoms with van der Waals surface area (Å²) in [7, 11) is 0. The van der Waals surface area contributed by atoms with E-state index in [0.29, 0.717) is 5.82 Å². The van der Waals surface area contributed by atoms with Gasteiger partial charge in [-0.3, -0.25) is 4.79 Å². The van der Waals surface area contributed by atoms with Crippen LogP contribution in [0.15, 0.2) is 36.4 Å². The molecule has 0 radical (unpaired) electrons. The van der Waals surface area contributed by atoms with Crippen LogP contribution in [0.1, 0.15) is 21.6 Å². The molecule has 1 aliphatic rings. The Balaban J connectivity index is 1.82. The highest BCUT2D eigenvalue weighted by Crippen LogP contribution is 2.19. The van der Waals surface area contributed by atoms with Gasteiger partial charge in [0.05, 0.1) is 5.69 Å². The zero-order valence-electron chi connectivity index (χ0n) is 10.4. The minimum absolute atomic E-state index is 0.0433. The third-order valence-corrected chi connectivity index (χ3v) is 3.05. The largest absolute Gasteiger partial charge is 0.307 e. The minimum Gasteiger partial charge on any atom is -0.307 e. The number of rotatable bonds is 2. The van der Waals surface area contributed by atoms with Crippen molar-refractivity contribution in [2.75, 3.05) is 5.32 Å². The molecule has 1 aromatic carbocycles. The van der Waals surface area contributed by atoms with Crippen LogP contribution in [-0.2, 0) is 6.42 Å². The van der Waals surface area contributed by atoms with Crippen LogP contribution in [-0.4, -0.2) is 10.9 Å². The summed E-state index contributed by atoms with van der Waals surface area (Å²) < 4.78 is 25.9. The van der Waals surface area contributed by atoms with Gasteiger partial charge in [0.1, 0.15) is 5.82 Å². The Morgan fingerprint density at radius 3 is 2.80 bits per heavy atom. The van der Waals surface area contributed by atoms with Crippen LogP contribution in [0.25, 0.3) is 6.08 Å². The topological polar surface area (TPSA) is 42.0 Å². The summed E-state index contributed by atoms with van der Waals surface area (Å²) in [6, 6.07) is 6.56. The molecule has 0 bridgehead atoms. The quantitative estimate of drug-likeness (QED) is 0.912. The lowest BCUT2D eigenvalue weighted by atomic mass is 10.2. The van der Waals surface area contributed by atoms with E-state index in [4.69, 9.17) is 0 Å². The van der Waals surface area contributed by atoms with Gasteiger partial charge >= 0.3 is 0 Å². The first-order valence-electron chi connectivity index (χ1n) is 6.06. The Morgan fingerprint density at radius 1 is 1.15 bits per heavy atom. The Morgan fingerprint density at radius 2 is 2.00 bits per heavy atom. The maximum absolute atomic E-state index is 13.1. The zero-order chi connectivity index (χ0) is 14.1. The molecule has 0 aliphatic heterocycles. The van der Waals surface area contributed by atoms with Crippen molar-refractivity contribution in [1.82, 2.24) is 4.98 Å². The maximum atomic E-state index is 13.1. The van der Waals surface area contributed by atoms with Crippen LogP contribution in [0.5, 0.6) is 0 Å². The second-order valence-electron chi connectivity index (χ2n) is 4.43. The molecule has 2 aromatic rings. The third-order valence-electron chi connectivity index (χ3n) is 3.05. The molecule has 0 saturated carbocycles. The number of pyridine rings is 1. The lowest BCUT2D eigenvalue weighted by Gasteiger charge is -2.06. The number of carbonyl (C=O) groups excluding carboxylic acids is 1. The van der Waals surface area contributed by atoms with Crippen LogP contribution >= 0.6 is 0 Å². The van der Waals surface area contributed by atoms with Gasteiger partial charge < -0.3 is 5.32 Å². The number of carbonyl (C=O) groups is 1. The van der Waals surface area contributed by atoms with E-state index in [1.165, 1.54) is 6.07 Å². The molecular weight excluding hydrogens is 262 g/mol. The highest BCUT2D eigenvalue weighted by atomic mass is 19.2. The van der Waals surface area contributed by atoms with Crippen molar-refractivity contribution in [2.24, 2.45) is 0 Å². The van der Waals surface area contributed by atoms with Crippen molar-refractivity contribution in [3.63, 3.8) is 0 Å². The number of hydrogen-bond acceptors (Lipinski definition) is 2. The van der Waals surface area contributed by atoms with Gasteiger partial charge in [0.15, 0.2) is 11.6 Å². The Kier molecular flexibility index (Phi) is 3.02. The van der Waals surface area contributed by atoms with Crippen molar-refractivity contribution in [2.45, 2.75) is 6.42 Å². The zero-order valence-corrected chi connectivity index (χ0v) is 10.4. The van der Waals surface area contributed by atoms with Crippen LogP contribution in [0.2, 0.25) is 0 Å². The summed E-state index contributed by atoms with van der Waals surface area (Å²) in [5, 5.41) is 2.56. The second kappa shape index (κ2) is 4.85. The highest BCUT2D eigenvalue weighted by molar-refractivity contribution is 6.03. The second-order valence-corrected chi connectivity index (χ2v) is 4.43. The van der Waals surface area contributed by atoms with Gasteiger partial charge in [-0.1, -0.05) is 12.1 Å². The molecule has 20 heavy (non-hydrogen) atoms. The molecule has 1 aromatic heterocycles. The van der Waals surface area contributed by atoms with Gasteiger partial charge in [-0.15, -0.1) is 0 Å². The number of nitrogens with one attached hydrogen (secondary N) is 1. The van der Waals surface area contributed by atoms with E-state index in [1.54, 1.807) is 6.07 Å². The van der Waals surface area contributed by atoms with Crippen LogP contribution in [0.4, 0.5) is 14.6 Å². The van der Waals surface area contributed by atoms with Crippen molar-refractivity contribution in [1.29, 1.82) is 0 Å². The fraction of sp³-hybridized carbons (Fsp3) is 0.0667. The number of allylic oxidation sites excluding steroid dienone is 1. The monoisotopic (exact) mass is 272 g/mol. The average Bonchev–Trinajstić information content (AvgIpc) is 2.89. The van der Waals surface area contributed by atoms with Gasteiger partial charge in [-0.25, -0.2) is 13.8 Å². The molecule has 1 amide bonds. The van der Waals surface area contributed by atoms with Gasteiger partial charge in [-0.2, -0.15) is 0 Å².